The smallest absolute Gasteiger partial charge is 0.336 e. The molecule has 280 valence electrons. The van der Waals surface area contributed by atoms with E-state index < -0.39 is 0 Å². The van der Waals surface area contributed by atoms with Gasteiger partial charge in [0.1, 0.15) is 0 Å². The molecule has 10 nitrogen and oxygen atoms in total. The molecule has 2 aromatic carbocycles. The van der Waals surface area contributed by atoms with Gasteiger partial charge in [-0.3, -0.25) is 0 Å². The van der Waals surface area contributed by atoms with Crippen LogP contribution in [0.15, 0.2) is 47.6 Å². The fourth-order valence-corrected chi connectivity index (χ4v) is 10.6. The number of aromatic amines is 1. The molecule has 4 heterocycles. The SMILES string of the molecule is CCN(CC)C(=O)N[C@H]1C[C@@H]2c3cccc4[nH]cc(c34)C[C@H]2N(C)C1.CCN(CC)C(=O)Nn1c(SC)c2c3c(cccc31)[C@H]1CCCN(C)[C@@H]1C2. The summed E-state index contributed by atoms with van der Waals surface area (Å²) in [5.74, 6) is 1.08. The van der Waals surface area contributed by atoms with E-state index >= 15 is 0 Å². The van der Waals surface area contributed by atoms with Gasteiger partial charge in [0.05, 0.1) is 10.5 Å². The number of carbonyl (C=O) groups is 2. The molecular formula is C41H58N8O2S. The first kappa shape index (κ1) is 36.7. The number of thioether (sulfide) groups is 1. The molecule has 2 aromatic heterocycles. The first-order valence-corrected chi connectivity index (χ1v) is 20.8. The minimum Gasteiger partial charge on any atom is -0.361 e. The molecule has 0 spiro atoms. The highest BCUT2D eigenvalue weighted by molar-refractivity contribution is 7.98. The molecule has 2 fully saturated rings. The average molecular weight is 727 g/mol. The average Bonchev–Trinajstić information content (AvgIpc) is 3.70. The lowest BCUT2D eigenvalue weighted by molar-refractivity contribution is 0.124. The number of amides is 4. The molecule has 2 aliphatic heterocycles. The molecular weight excluding hydrogens is 669 g/mol. The van der Waals surface area contributed by atoms with Crippen LogP contribution in [0, 0.1) is 0 Å². The molecule has 2 aliphatic carbocycles. The summed E-state index contributed by atoms with van der Waals surface area (Å²) in [6, 6.07) is 14.5. The van der Waals surface area contributed by atoms with Crippen molar-refractivity contribution in [1.82, 2.24) is 34.6 Å². The number of fused-ring (bicyclic) bond motifs is 4. The van der Waals surface area contributed by atoms with Gasteiger partial charge in [-0.1, -0.05) is 24.3 Å². The Morgan fingerprint density at radius 3 is 2.25 bits per heavy atom. The molecule has 11 heteroatoms. The maximum atomic E-state index is 12.8. The van der Waals surface area contributed by atoms with Crippen LogP contribution in [0.25, 0.3) is 21.8 Å². The van der Waals surface area contributed by atoms with Gasteiger partial charge in [0.15, 0.2) is 0 Å². The number of piperidine rings is 2. The maximum Gasteiger partial charge on any atom is 0.336 e. The third kappa shape index (κ3) is 6.47. The molecule has 8 rings (SSSR count). The van der Waals surface area contributed by atoms with E-state index in [0.29, 0.717) is 37.0 Å². The second-order valence-corrected chi connectivity index (χ2v) is 15.9. The number of likely N-dealkylation sites (tertiary alicyclic amines) is 2. The van der Waals surface area contributed by atoms with Crippen LogP contribution in [0.1, 0.15) is 81.0 Å². The van der Waals surface area contributed by atoms with Crippen molar-refractivity contribution < 1.29 is 9.59 Å². The molecule has 0 radical (unpaired) electrons. The van der Waals surface area contributed by atoms with E-state index in [-0.39, 0.29) is 18.1 Å². The zero-order valence-corrected chi connectivity index (χ0v) is 33.0. The Labute approximate surface area is 313 Å². The summed E-state index contributed by atoms with van der Waals surface area (Å²) in [5, 5.41) is 7.23. The Hall–Kier alpha value is -3.67. The third-order valence-corrected chi connectivity index (χ3v) is 13.3. The minimum absolute atomic E-state index is 0.0297. The Morgan fingerprint density at radius 2 is 1.54 bits per heavy atom. The Kier molecular flexibility index (Phi) is 10.8. The summed E-state index contributed by atoms with van der Waals surface area (Å²) in [7, 11) is 4.46. The second kappa shape index (κ2) is 15.4. The van der Waals surface area contributed by atoms with Crippen LogP contribution in [0.3, 0.4) is 0 Å². The van der Waals surface area contributed by atoms with Crippen LogP contribution in [0.5, 0.6) is 0 Å². The predicted molar refractivity (Wildman–Crippen MR) is 215 cm³/mol. The Morgan fingerprint density at radius 1 is 0.865 bits per heavy atom. The zero-order valence-electron chi connectivity index (χ0n) is 32.2. The molecule has 52 heavy (non-hydrogen) atoms. The molecule has 0 unspecified atom stereocenters. The number of rotatable bonds is 7. The summed E-state index contributed by atoms with van der Waals surface area (Å²) in [6.07, 6.45) is 9.99. The number of benzene rings is 2. The van der Waals surface area contributed by atoms with Gasteiger partial charge in [-0.15, -0.1) is 11.8 Å². The second-order valence-electron chi connectivity index (χ2n) is 15.1. The van der Waals surface area contributed by atoms with E-state index in [4.69, 9.17) is 0 Å². The monoisotopic (exact) mass is 726 g/mol. The van der Waals surface area contributed by atoms with E-state index in [2.05, 4.69) is 88.5 Å². The van der Waals surface area contributed by atoms with Crippen molar-refractivity contribution in [2.45, 2.75) is 94.8 Å². The standard InChI is InChI=1S/C21H30N4OS.C20H28N4O/c1-5-24(6-2)21(26)22-25-17-11-7-9-15-14-10-8-12-23(3)18(14)13-16(19(15)17)20(25)27-4;1-4-24(5-2)20(25)22-14-10-16-15-7-6-8-17-19(15)13(11-21-17)9-18(16)23(3)12-14/h7,9,11,14,18H,5-6,8,10,12-13H2,1-4H3,(H,22,26);6-8,11,14,16,18,21H,4-5,9-10,12H2,1-3H3,(H,22,25)/t14-,18-;14-,16+,18+/m10/s1. The highest BCUT2D eigenvalue weighted by Gasteiger charge is 2.41. The first-order valence-electron chi connectivity index (χ1n) is 19.5. The van der Waals surface area contributed by atoms with Crippen molar-refractivity contribution in [3.05, 3.63) is 64.8 Å². The van der Waals surface area contributed by atoms with Gasteiger partial charge >= 0.3 is 12.1 Å². The number of likely N-dealkylation sites (N-methyl/N-ethyl adjacent to an activating group) is 2. The molecule has 4 amide bonds. The summed E-state index contributed by atoms with van der Waals surface area (Å²) >= 11 is 1.74. The van der Waals surface area contributed by atoms with Crippen molar-refractivity contribution >= 4 is 45.6 Å². The van der Waals surface area contributed by atoms with E-state index in [9.17, 15) is 9.59 Å². The summed E-state index contributed by atoms with van der Waals surface area (Å²) in [5.41, 5.74) is 11.3. The predicted octanol–water partition coefficient (Wildman–Crippen LogP) is 7.03. The zero-order chi connectivity index (χ0) is 36.7. The number of carbonyl (C=O) groups excluding carboxylic acids is 2. The molecule has 0 saturated carbocycles. The largest absolute Gasteiger partial charge is 0.361 e. The van der Waals surface area contributed by atoms with E-state index in [0.717, 1.165) is 44.4 Å². The van der Waals surface area contributed by atoms with Gasteiger partial charge in [-0.2, -0.15) is 0 Å². The first-order chi connectivity index (χ1) is 25.2. The lowest BCUT2D eigenvalue weighted by Gasteiger charge is -2.45. The van der Waals surface area contributed by atoms with Crippen molar-refractivity contribution in [3.8, 4) is 0 Å². The van der Waals surface area contributed by atoms with Gasteiger partial charge < -0.3 is 29.9 Å². The van der Waals surface area contributed by atoms with Gasteiger partial charge in [0.25, 0.3) is 0 Å². The highest BCUT2D eigenvalue weighted by atomic mass is 32.2. The van der Waals surface area contributed by atoms with E-state index in [1.165, 1.54) is 63.0 Å². The number of hydrogen-bond acceptors (Lipinski definition) is 5. The minimum atomic E-state index is -0.0297. The fourth-order valence-electron chi connectivity index (χ4n) is 9.84. The van der Waals surface area contributed by atoms with Crippen molar-refractivity contribution in [1.29, 1.82) is 0 Å². The summed E-state index contributed by atoms with van der Waals surface area (Å²) < 4.78 is 2.04. The van der Waals surface area contributed by atoms with E-state index in [1.807, 2.05) is 42.2 Å². The van der Waals surface area contributed by atoms with Crippen molar-refractivity contribution in [2.75, 3.05) is 65.0 Å². The molecule has 2 saturated heterocycles. The van der Waals surface area contributed by atoms with Crippen LogP contribution >= 0.6 is 11.8 Å². The Bertz CT molecular complexity index is 1910. The van der Waals surface area contributed by atoms with Crippen molar-refractivity contribution in [3.63, 3.8) is 0 Å². The molecule has 3 N–H and O–H groups in total. The quantitative estimate of drug-likeness (QED) is 0.178. The van der Waals surface area contributed by atoms with Gasteiger partial charge in [0.2, 0.25) is 0 Å². The summed E-state index contributed by atoms with van der Waals surface area (Å²) in [6.45, 7) is 13.1. The number of urea groups is 2. The topological polar surface area (TPSA) is 91.9 Å². The fraction of sp³-hybridized carbons (Fsp3) is 0.561. The van der Waals surface area contributed by atoms with Gasteiger partial charge in [0, 0.05) is 85.2 Å². The lowest BCUT2D eigenvalue weighted by Crippen LogP contribution is -2.56. The third-order valence-electron chi connectivity index (χ3n) is 12.5. The van der Waals surface area contributed by atoms with E-state index in [1.54, 1.807) is 11.8 Å². The van der Waals surface area contributed by atoms with Crippen LogP contribution in [-0.4, -0.2) is 119 Å². The van der Waals surface area contributed by atoms with Gasteiger partial charge in [-0.25, -0.2) is 19.7 Å². The number of nitrogens with zero attached hydrogens (tertiary/aromatic N) is 5. The molecule has 5 atom stereocenters. The number of nitrogens with one attached hydrogen (secondary N) is 3. The molecule has 0 bridgehead atoms. The lowest BCUT2D eigenvalue weighted by atomic mass is 9.74. The van der Waals surface area contributed by atoms with Crippen LogP contribution in [-0.2, 0) is 12.8 Å². The highest BCUT2D eigenvalue weighted by Crippen LogP contribution is 2.47. The normalized spacial score (nSPS) is 23.7. The van der Waals surface area contributed by atoms with Crippen LogP contribution < -0.4 is 10.7 Å². The van der Waals surface area contributed by atoms with Gasteiger partial charge in [-0.05, 0) is 121 Å². The van der Waals surface area contributed by atoms with Crippen LogP contribution in [0.2, 0.25) is 0 Å². The molecule has 4 aromatic rings. The number of H-pyrrole nitrogens is 1. The maximum absolute atomic E-state index is 12.8. The molecule has 4 aliphatic rings. The summed E-state index contributed by atoms with van der Waals surface area (Å²) in [4.78, 5) is 37.3. The van der Waals surface area contributed by atoms with Crippen LogP contribution in [0.4, 0.5) is 9.59 Å². The van der Waals surface area contributed by atoms with Crippen molar-refractivity contribution in [2.24, 2.45) is 0 Å². The number of hydrogen-bond donors (Lipinski definition) is 3. The number of aromatic nitrogens is 2. The Balaban J connectivity index is 0.000000162.